The maximum absolute atomic E-state index is 5.79. The Morgan fingerprint density at radius 1 is 1.03 bits per heavy atom. The molecule has 1 aliphatic rings. The number of nitrogens with zero attached hydrogens (tertiary/aromatic N) is 3. The number of morpholine rings is 1. The van der Waals surface area contributed by atoms with Crippen molar-refractivity contribution in [1.82, 2.24) is 14.9 Å². The van der Waals surface area contributed by atoms with E-state index in [2.05, 4.69) is 52.0 Å². The summed E-state index contributed by atoms with van der Waals surface area (Å²) >= 11 is 1.67. The minimum Gasteiger partial charge on any atom is -0.379 e. The molecule has 1 saturated heterocycles. The van der Waals surface area contributed by atoms with Gasteiger partial charge in [0.1, 0.15) is 16.5 Å². The molecular weight excluding hydrogens is 432 g/mol. The van der Waals surface area contributed by atoms with E-state index in [1.165, 1.54) is 5.56 Å². The van der Waals surface area contributed by atoms with Crippen LogP contribution in [-0.2, 0) is 16.0 Å². The quantitative estimate of drug-likeness (QED) is 0.400. The summed E-state index contributed by atoms with van der Waals surface area (Å²) in [6.45, 7) is 4.67. The first-order chi connectivity index (χ1) is 16.3. The molecule has 1 aliphatic heterocycles. The van der Waals surface area contributed by atoms with Crippen LogP contribution in [-0.4, -0.2) is 54.8 Å². The second-order valence-electron chi connectivity index (χ2n) is 8.09. The normalized spacial score (nSPS) is 15.5. The summed E-state index contributed by atoms with van der Waals surface area (Å²) in [6, 6.07) is 20.7. The number of hydrogen-bond donors (Lipinski definition) is 1. The molecule has 0 amide bonds. The lowest BCUT2D eigenvalue weighted by Gasteiger charge is -2.26. The molecule has 170 valence electrons. The number of ether oxygens (including phenoxy) is 2. The number of rotatable bonds is 8. The highest BCUT2D eigenvalue weighted by Crippen LogP contribution is 2.37. The van der Waals surface area contributed by atoms with Crippen LogP contribution in [0, 0.1) is 0 Å². The molecule has 1 atom stereocenters. The Hall–Kier alpha value is -2.84. The molecule has 0 saturated carbocycles. The van der Waals surface area contributed by atoms with Crippen LogP contribution in [0.4, 0.5) is 5.82 Å². The minimum atomic E-state index is -0.0716. The first kappa shape index (κ1) is 22.0. The molecule has 0 spiro atoms. The van der Waals surface area contributed by atoms with Crippen molar-refractivity contribution in [3.8, 4) is 11.1 Å². The van der Waals surface area contributed by atoms with Crippen molar-refractivity contribution in [3.63, 3.8) is 0 Å². The van der Waals surface area contributed by atoms with E-state index in [1.807, 2.05) is 24.3 Å². The van der Waals surface area contributed by atoms with Crippen molar-refractivity contribution in [2.24, 2.45) is 0 Å². The van der Waals surface area contributed by atoms with Gasteiger partial charge in [0.05, 0.1) is 31.2 Å². The van der Waals surface area contributed by atoms with Crippen LogP contribution in [0.5, 0.6) is 0 Å². The number of thiophene rings is 1. The zero-order valence-electron chi connectivity index (χ0n) is 18.7. The second kappa shape index (κ2) is 10.4. The lowest BCUT2D eigenvalue weighted by Crippen LogP contribution is -2.36. The third-order valence-electron chi connectivity index (χ3n) is 5.94. The molecule has 7 heteroatoms. The Morgan fingerprint density at radius 2 is 1.76 bits per heavy atom. The first-order valence-electron chi connectivity index (χ1n) is 11.3. The van der Waals surface area contributed by atoms with Gasteiger partial charge in [-0.3, -0.25) is 4.90 Å². The highest BCUT2D eigenvalue weighted by Gasteiger charge is 2.19. The molecule has 33 heavy (non-hydrogen) atoms. The van der Waals surface area contributed by atoms with E-state index in [9.17, 15) is 0 Å². The molecule has 0 unspecified atom stereocenters. The fraction of sp³-hybridized carbons (Fsp3) is 0.308. The van der Waals surface area contributed by atoms with Crippen molar-refractivity contribution in [2.45, 2.75) is 12.6 Å². The van der Waals surface area contributed by atoms with E-state index in [1.54, 1.807) is 18.4 Å². The average molecular weight is 461 g/mol. The summed E-state index contributed by atoms with van der Waals surface area (Å²) in [7, 11) is 1.75. The third-order valence-corrected chi connectivity index (χ3v) is 6.82. The maximum atomic E-state index is 5.79. The molecule has 3 heterocycles. The SMILES string of the molecule is CO[C@H](CNc1nc(CN2CCOCC2)nc2scc(-c3ccccc3)c12)c1ccccc1. The van der Waals surface area contributed by atoms with E-state index in [-0.39, 0.29) is 6.10 Å². The average Bonchev–Trinajstić information content (AvgIpc) is 3.30. The fourth-order valence-electron chi connectivity index (χ4n) is 4.17. The number of hydrogen-bond acceptors (Lipinski definition) is 7. The van der Waals surface area contributed by atoms with Gasteiger partial charge in [0.25, 0.3) is 0 Å². The van der Waals surface area contributed by atoms with Gasteiger partial charge >= 0.3 is 0 Å². The van der Waals surface area contributed by atoms with E-state index < -0.39 is 0 Å². The molecule has 0 radical (unpaired) electrons. The zero-order chi connectivity index (χ0) is 22.5. The standard InChI is InChI=1S/C26H28N4O2S/c1-31-22(20-10-6-3-7-11-20)16-27-25-24-21(19-8-4-2-5-9-19)18-33-26(24)29-23(28-25)17-30-12-14-32-15-13-30/h2-11,18,22H,12-17H2,1H3,(H,27,28,29)/t22-/m1/s1. The van der Waals surface area contributed by atoms with Gasteiger partial charge in [-0.1, -0.05) is 60.7 Å². The van der Waals surface area contributed by atoms with Crippen molar-refractivity contribution < 1.29 is 9.47 Å². The van der Waals surface area contributed by atoms with Gasteiger partial charge in [-0.15, -0.1) is 11.3 Å². The number of nitrogens with one attached hydrogen (secondary N) is 1. The van der Waals surface area contributed by atoms with Crippen LogP contribution in [0.15, 0.2) is 66.0 Å². The molecule has 0 bridgehead atoms. The Labute approximate surface area is 198 Å². The van der Waals surface area contributed by atoms with E-state index in [0.717, 1.165) is 65.8 Å². The Bertz CT molecular complexity index is 1180. The molecule has 1 N–H and O–H groups in total. The summed E-state index contributed by atoms with van der Waals surface area (Å²) in [5.74, 6) is 1.70. The maximum Gasteiger partial charge on any atom is 0.146 e. The third kappa shape index (κ3) is 5.07. The topological polar surface area (TPSA) is 59.5 Å². The second-order valence-corrected chi connectivity index (χ2v) is 8.95. The largest absolute Gasteiger partial charge is 0.379 e. The smallest absolute Gasteiger partial charge is 0.146 e. The number of anilines is 1. The molecule has 5 rings (SSSR count). The van der Waals surface area contributed by atoms with E-state index in [4.69, 9.17) is 19.4 Å². The summed E-state index contributed by atoms with van der Waals surface area (Å²) < 4.78 is 11.3. The number of fused-ring (bicyclic) bond motifs is 1. The highest BCUT2D eigenvalue weighted by molar-refractivity contribution is 7.17. The van der Waals surface area contributed by atoms with Crippen molar-refractivity contribution in [3.05, 3.63) is 77.4 Å². The monoisotopic (exact) mass is 460 g/mol. The first-order valence-corrected chi connectivity index (χ1v) is 12.1. The Morgan fingerprint density at radius 3 is 2.48 bits per heavy atom. The van der Waals surface area contributed by atoms with Crippen LogP contribution < -0.4 is 5.32 Å². The van der Waals surface area contributed by atoms with Crippen molar-refractivity contribution >= 4 is 27.4 Å². The van der Waals surface area contributed by atoms with Gasteiger partial charge in [-0.25, -0.2) is 9.97 Å². The predicted molar refractivity (Wildman–Crippen MR) is 134 cm³/mol. The van der Waals surface area contributed by atoms with Gasteiger partial charge in [0.15, 0.2) is 0 Å². The lowest BCUT2D eigenvalue weighted by molar-refractivity contribution is 0.0331. The molecule has 6 nitrogen and oxygen atoms in total. The lowest BCUT2D eigenvalue weighted by atomic mass is 10.1. The van der Waals surface area contributed by atoms with Crippen LogP contribution in [0.1, 0.15) is 17.5 Å². The van der Waals surface area contributed by atoms with Gasteiger partial charge in [-0.05, 0) is 11.1 Å². The molecule has 2 aromatic heterocycles. The van der Waals surface area contributed by atoms with Crippen LogP contribution in [0.2, 0.25) is 0 Å². The number of aromatic nitrogens is 2. The fourth-order valence-corrected chi connectivity index (χ4v) is 5.13. The minimum absolute atomic E-state index is 0.0716. The highest BCUT2D eigenvalue weighted by atomic mass is 32.1. The van der Waals surface area contributed by atoms with Crippen molar-refractivity contribution in [2.75, 3.05) is 45.3 Å². The number of methoxy groups -OCH3 is 1. The van der Waals surface area contributed by atoms with Crippen molar-refractivity contribution in [1.29, 1.82) is 0 Å². The van der Waals surface area contributed by atoms with Crippen LogP contribution in [0.25, 0.3) is 21.3 Å². The van der Waals surface area contributed by atoms with Crippen LogP contribution >= 0.6 is 11.3 Å². The summed E-state index contributed by atoms with van der Waals surface area (Å²) in [6.07, 6.45) is -0.0716. The Balaban J connectivity index is 1.49. The summed E-state index contributed by atoms with van der Waals surface area (Å²) in [5, 5.41) is 6.85. The zero-order valence-corrected chi connectivity index (χ0v) is 19.6. The van der Waals surface area contributed by atoms with E-state index in [0.29, 0.717) is 6.54 Å². The van der Waals surface area contributed by atoms with Gasteiger partial charge in [0, 0.05) is 37.7 Å². The number of benzene rings is 2. The molecular formula is C26H28N4O2S. The molecule has 0 aliphatic carbocycles. The van der Waals surface area contributed by atoms with Gasteiger partial charge < -0.3 is 14.8 Å². The Kier molecular flexibility index (Phi) is 6.92. The van der Waals surface area contributed by atoms with E-state index >= 15 is 0 Å². The summed E-state index contributed by atoms with van der Waals surface area (Å²) in [5.41, 5.74) is 3.47. The molecule has 4 aromatic rings. The van der Waals surface area contributed by atoms with Gasteiger partial charge in [-0.2, -0.15) is 0 Å². The molecule has 2 aromatic carbocycles. The van der Waals surface area contributed by atoms with Gasteiger partial charge in [0.2, 0.25) is 0 Å². The van der Waals surface area contributed by atoms with Crippen LogP contribution in [0.3, 0.4) is 0 Å². The predicted octanol–water partition coefficient (Wildman–Crippen LogP) is 4.99. The molecule has 1 fully saturated rings. The summed E-state index contributed by atoms with van der Waals surface area (Å²) in [4.78, 5) is 13.3.